The van der Waals surface area contributed by atoms with Crippen LogP contribution in [-0.4, -0.2) is 17.6 Å². The van der Waals surface area contributed by atoms with Gasteiger partial charge in [0.2, 0.25) is 5.78 Å². The SMILES string of the molecule is Cc1ccc(C(=O)C2CSc3ccccc3O2)cc1Cl. The molecule has 102 valence electrons. The minimum atomic E-state index is -0.450. The van der Waals surface area contributed by atoms with Crippen molar-refractivity contribution in [2.24, 2.45) is 0 Å². The summed E-state index contributed by atoms with van der Waals surface area (Å²) in [6.07, 6.45) is -0.450. The van der Waals surface area contributed by atoms with Crippen molar-refractivity contribution >= 4 is 29.1 Å². The maximum absolute atomic E-state index is 12.5. The van der Waals surface area contributed by atoms with Crippen LogP contribution in [0.25, 0.3) is 0 Å². The highest BCUT2D eigenvalue weighted by Crippen LogP contribution is 2.35. The van der Waals surface area contributed by atoms with E-state index >= 15 is 0 Å². The van der Waals surface area contributed by atoms with Crippen molar-refractivity contribution in [3.63, 3.8) is 0 Å². The molecule has 2 nitrogen and oxygen atoms in total. The maximum atomic E-state index is 12.5. The topological polar surface area (TPSA) is 26.3 Å². The van der Waals surface area contributed by atoms with Gasteiger partial charge in [-0.25, -0.2) is 0 Å². The molecule has 1 aliphatic rings. The number of aryl methyl sites for hydroxylation is 1. The van der Waals surface area contributed by atoms with Crippen molar-refractivity contribution in [3.8, 4) is 5.75 Å². The number of carbonyl (C=O) groups is 1. The van der Waals surface area contributed by atoms with E-state index in [0.29, 0.717) is 16.3 Å². The summed E-state index contributed by atoms with van der Waals surface area (Å²) in [5.41, 5.74) is 1.57. The summed E-state index contributed by atoms with van der Waals surface area (Å²) in [4.78, 5) is 13.6. The molecule has 1 atom stereocenters. The average molecular weight is 305 g/mol. The smallest absolute Gasteiger partial charge is 0.204 e. The zero-order valence-electron chi connectivity index (χ0n) is 10.9. The van der Waals surface area contributed by atoms with Crippen molar-refractivity contribution in [2.45, 2.75) is 17.9 Å². The van der Waals surface area contributed by atoms with Crippen molar-refractivity contribution < 1.29 is 9.53 Å². The zero-order valence-corrected chi connectivity index (χ0v) is 12.5. The monoisotopic (exact) mass is 304 g/mol. The van der Waals surface area contributed by atoms with Crippen LogP contribution in [0.4, 0.5) is 0 Å². The summed E-state index contributed by atoms with van der Waals surface area (Å²) >= 11 is 7.73. The highest BCUT2D eigenvalue weighted by atomic mass is 35.5. The predicted molar refractivity (Wildman–Crippen MR) is 82.1 cm³/mol. The molecule has 1 heterocycles. The van der Waals surface area contributed by atoms with Gasteiger partial charge in [-0.3, -0.25) is 4.79 Å². The van der Waals surface area contributed by atoms with Crippen LogP contribution in [0.1, 0.15) is 15.9 Å². The van der Waals surface area contributed by atoms with E-state index in [1.807, 2.05) is 37.3 Å². The molecule has 4 heteroatoms. The van der Waals surface area contributed by atoms with Crippen molar-refractivity contribution in [1.29, 1.82) is 0 Å². The molecule has 0 bridgehead atoms. The van der Waals surface area contributed by atoms with Gasteiger partial charge in [-0.15, -0.1) is 11.8 Å². The van der Waals surface area contributed by atoms with E-state index in [-0.39, 0.29) is 5.78 Å². The Bertz CT molecular complexity index is 669. The predicted octanol–water partition coefficient (Wildman–Crippen LogP) is 4.38. The van der Waals surface area contributed by atoms with E-state index in [9.17, 15) is 4.79 Å². The third-order valence-corrected chi connectivity index (χ3v) is 4.78. The molecule has 0 spiro atoms. The molecule has 2 aromatic carbocycles. The molecule has 0 N–H and O–H groups in total. The molecule has 0 amide bonds. The molecule has 0 radical (unpaired) electrons. The minimum Gasteiger partial charge on any atom is -0.480 e. The fourth-order valence-corrected chi connectivity index (χ4v) is 3.24. The fraction of sp³-hybridized carbons (Fsp3) is 0.188. The lowest BCUT2D eigenvalue weighted by molar-refractivity contribution is 0.0815. The molecule has 3 rings (SSSR count). The van der Waals surface area contributed by atoms with Gasteiger partial charge in [0.15, 0.2) is 6.10 Å². The van der Waals surface area contributed by atoms with Gasteiger partial charge in [-0.2, -0.15) is 0 Å². The molecule has 20 heavy (non-hydrogen) atoms. The zero-order chi connectivity index (χ0) is 14.1. The van der Waals surface area contributed by atoms with Crippen molar-refractivity contribution in [2.75, 3.05) is 5.75 Å². The number of rotatable bonds is 2. The number of benzene rings is 2. The summed E-state index contributed by atoms with van der Waals surface area (Å²) in [6, 6.07) is 13.2. The third kappa shape index (κ3) is 2.56. The summed E-state index contributed by atoms with van der Waals surface area (Å²) in [6.45, 7) is 1.92. The first-order valence-corrected chi connectivity index (χ1v) is 7.70. The first-order valence-electron chi connectivity index (χ1n) is 6.34. The summed E-state index contributed by atoms with van der Waals surface area (Å²) in [7, 11) is 0. The number of ketones is 1. The minimum absolute atomic E-state index is 0.0195. The first kappa shape index (κ1) is 13.5. The number of hydrogen-bond acceptors (Lipinski definition) is 3. The molecule has 1 aliphatic heterocycles. The highest BCUT2D eigenvalue weighted by Gasteiger charge is 2.27. The second-order valence-electron chi connectivity index (χ2n) is 4.69. The number of hydrogen-bond donors (Lipinski definition) is 0. The van der Waals surface area contributed by atoms with Crippen LogP contribution in [0.5, 0.6) is 5.75 Å². The second-order valence-corrected chi connectivity index (χ2v) is 6.16. The van der Waals surface area contributed by atoms with Crippen LogP contribution < -0.4 is 4.74 Å². The van der Waals surface area contributed by atoms with Crippen molar-refractivity contribution in [3.05, 3.63) is 58.6 Å². The molecular weight excluding hydrogens is 292 g/mol. The quantitative estimate of drug-likeness (QED) is 0.770. The molecule has 0 aromatic heterocycles. The van der Waals surface area contributed by atoms with E-state index in [1.54, 1.807) is 23.9 Å². The van der Waals surface area contributed by atoms with E-state index in [0.717, 1.165) is 16.2 Å². The van der Waals surface area contributed by atoms with Gasteiger partial charge >= 0.3 is 0 Å². The van der Waals surface area contributed by atoms with Gasteiger partial charge in [0.05, 0.1) is 0 Å². The third-order valence-electron chi connectivity index (χ3n) is 3.26. The van der Waals surface area contributed by atoms with Gasteiger partial charge in [0, 0.05) is 21.2 Å². The van der Waals surface area contributed by atoms with Gasteiger partial charge in [0.1, 0.15) is 5.75 Å². The number of para-hydroxylation sites is 1. The number of thioether (sulfide) groups is 1. The lowest BCUT2D eigenvalue weighted by Crippen LogP contribution is -2.32. The number of carbonyl (C=O) groups excluding carboxylic acids is 1. The molecule has 2 aromatic rings. The Morgan fingerprint density at radius 1 is 1.30 bits per heavy atom. The molecular formula is C16H13ClO2S. The molecule has 0 fully saturated rings. The number of halogens is 1. The van der Waals surface area contributed by atoms with Gasteiger partial charge in [-0.05, 0) is 30.7 Å². The Labute approximate surface area is 127 Å². The number of ether oxygens (including phenoxy) is 1. The molecule has 1 unspecified atom stereocenters. The lowest BCUT2D eigenvalue weighted by atomic mass is 10.1. The fourth-order valence-electron chi connectivity index (χ4n) is 2.08. The van der Waals surface area contributed by atoms with Gasteiger partial charge in [0.25, 0.3) is 0 Å². The van der Waals surface area contributed by atoms with Crippen LogP contribution in [0.3, 0.4) is 0 Å². The van der Waals surface area contributed by atoms with Crippen LogP contribution in [0.15, 0.2) is 47.4 Å². The molecule has 0 saturated carbocycles. The Morgan fingerprint density at radius 3 is 2.90 bits per heavy atom. The average Bonchev–Trinajstić information content (AvgIpc) is 2.49. The van der Waals surface area contributed by atoms with Crippen LogP contribution in [-0.2, 0) is 0 Å². The molecule has 0 saturated heterocycles. The summed E-state index contributed by atoms with van der Waals surface area (Å²) in [5, 5.41) is 0.611. The van der Waals surface area contributed by atoms with Crippen LogP contribution >= 0.6 is 23.4 Å². The van der Waals surface area contributed by atoms with Gasteiger partial charge < -0.3 is 4.74 Å². The number of Topliss-reactive ketones (excluding diaryl/α,β-unsaturated/α-hetero) is 1. The first-order chi connectivity index (χ1) is 9.65. The number of fused-ring (bicyclic) bond motifs is 1. The van der Waals surface area contributed by atoms with Crippen molar-refractivity contribution in [1.82, 2.24) is 0 Å². The largest absolute Gasteiger partial charge is 0.480 e. The van der Waals surface area contributed by atoms with E-state index < -0.39 is 6.10 Å². The van der Waals surface area contributed by atoms with E-state index in [1.165, 1.54) is 0 Å². The Hall–Kier alpha value is -1.45. The van der Waals surface area contributed by atoms with E-state index in [4.69, 9.17) is 16.3 Å². The summed E-state index contributed by atoms with van der Waals surface area (Å²) in [5.74, 6) is 1.38. The highest BCUT2D eigenvalue weighted by molar-refractivity contribution is 7.99. The lowest BCUT2D eigenvalue weighted by Gasteiger charge is -2.24. The Kier molecular flexibility index (Phi) is 3.72. The molecule has 0 aliphatic carbocycles. The van der Waals surface area contributed by atoms with Crippen LogP contribution in [0.2, 0.25) is 5.02 Å². The maximum Gasteiger partial charge on any atom is 0.204 e. The second kappa shape index (κ2) is 5.51. The summed E-state index contributed by atoms with van der Waals surface area (Å²) < 4.78 is 5.80. The van der Waals surface area contributed by atoms with E-state index in [2.05, 4.69) is 0 Å². The van der Waals surface area contributed by atoms with Crippen LogP contribution in [0, 0.1) is 6.92 Å². The van der Waals surface area contributed by atoms with Gasteiger partial charge in [-0.1, -0.05) is 35.9 Å². The standard InChI is InChI=1S/C16H13ClO2S/c1-10-6-7-11(8-12(10)17)16(18)14-9-20-15-5-3-2-4-13(15)19-14/h2-8,14H,9H2,1H3. The Balaban J connectivity index is 1.84. The Morgan fingerprint density at radius 2 is 2.10 bits per heavy atom. The normalized spacial score (nSPS) is 17.2.